The molecule has 0 heterocycles. The lowest BCUT2D eigenvalue weighted by Crippen LogP contribution is -1.86. The standard InChI is InChI=1S/C13H16F2/c1-2-3-4-5-6-8-11-9-7-10-12(14)13(11)15/h6-10H,2-5H2,1H3/b8-6+. The fraction of sp³-hybridized carbons (Fsp3) is 0.385. The number of hydrogen-bond donors (Lipinski definition) is 0. The van der Waals surface area contributed by atoms with Gasteiger partial charge in [-0.1, -0.05) is 44.1 Å². The average molecular weight is 210 g/mol. The van der Waals surface area contributed by atoms with Gasteiger partial charge in [0.1, 0.15) is 0 Å². The van der Waals surface area contributed by atoms with E-state index in [0.29, 0.717) is 5.56 Å². The molecule has 0 unspecified atom stereocenters. The maximum Gasteiger partial charge on any atom is 0.166 e. The molecular weight excluding hydrogens is 194 g/mol. The lowest BCUT2D eigenvalue weighted by Gasteiger charge is -1.97. The molecule has 0 aliphatic rings. The van der Waals surface area contributed by atoms with Crippen LogP contribution in [0.2, 0.25) is 0 Å². The van der Waals surface area contributed by atoms with Gasteiger partial charge in [-0.15, -0.1) is 0 Å². The predicted octanol–water partition coefficient (Wildman–Crippen LogP) is 4.56. The molecule has 0 saturated heterocycles. The van der Waals surface area contributed by atoms with Gasteiger partial charge >= 0.3 is 0 Å². The van der Waals surface area contributed by atoms with Crippen LogP contribution in [0.5, 0.6) is 0 Å². The summed E-state index contributed by atoms with van der Waals surface area (Å²) in [6, 6.07) is 4.22. The van der Waals surface area contributed by atoms with E-state index in [0.717, 1.165) is 18.9 Å². The Labute approximate surface area is 89.6 Å². The molecule has 0 aliphatic heterocycles. The van der Waals surface area contributed by atoms with E-state index in [4.69, 9.17) is 0 Å². The highest BCUT2D eigenvalue weighted by atomic mass is 19.2. The Kier molecular flexibility index (Phi) is 5.02. The van der Waals surface area contributed by atoms with Crippen molar-refractivity contribution in [3.8, 4) is 0 Å². The van der Waals surface area contributed by atoms with E-state index < -0.39 is 11.6 Å². The number of halogens is 2. The molecule has 0 aliphatic carbocycles. The van der Waals surface area contributed by atoms with Crippen molar-refractivity contribution >= 4 is 6.08 Å². The van der Waals surface area contributed by atoms with Gasteiger partial charge < -0.3 is 0 Å². The van der Waals surface area contributed by atoms with Gasteiger partial charge in [0.25, 0.3) is 0 Å². The number of benzene rings is 1. The normalized spacial score (nSPS) is 11.1. The first-order chi connectivity index (χ1) is 7.25. The average Bonchev–Trinajstić information content (AvgIpc) is 2.24. The van der Waals surface area contributed by atoms with Crippen molar-refractivity contribution in [2.24, 2.45) is 0 Å². The summed E-state index contributed by atoms with van der Waals surface area (Å²) in [6.45, 7) is 2.13. The monoisotopic (exact) mass is 210 g/mol. The SMILES string of the molecule is CCCCC/C=C/c1cccc(F)c1F. The first-order valence-electron chi connectivity index (χ1n) is 5.36. The fourth-order valence-corrected chi connectivity index (χ4v) is 1.37. The second-order valence-corrected chi connectivity index (χ2v) is 3.54. The highest BCUT2D eigenvalue weighted by Crippen LogP contribution is 2.13. The predicted molar refractivity (Wildman–Crippen MR) is 59.5 cm³/mol. The molecule has 82 valence electrons. The summed E-state index contributed by atoms with van der Waals surface area (Å²) in [6.07, 6.45) is 7.91. The van der Waals surface area contributed by atoms with Gasteiger partial charge in [0.15, 0.2) is 11.6 Å². The van der Waals surface area contributed by atoms with Crippen molar-refractivity contribution in [3.05, 3.63) is 41.5 Å². The topological polar surface area (TPSA) is 0 Å². The molecular formula is C13H16F2. The third-order valence-corrected chi connectivity index (χ3v) is 2.25. The zero-order valence-corrected chi connectivity index (χ0v) is 8.97. The van der Waals surface area contributed by atoms with Crippen molar-refractivity contribution in [1.29, 1.82) is 0 Å². The highest BCUT2D eigenvalue weighted by Gasteiger charge is 2.03. The third kappa shape index (κ3) is 3.82. The van der Waals surface area contributed by atoms with Crippen LogP contribution in [0.3, 0.4) is 0 Å². The molecule has 0 bridgehead atoms. The molecule has 0 radical (unpaired) electrons. The summed E-state index contributed by atoms with van der Waals surface area (Å²) < 4.78 is 26.0. The minimum Gasteiger partial charge on any atom is -0.204 e. The molecule has 15 heavy (non-hydrogen) atoms. The molecule has 1 rings (SSSR count). The fourth-order valence-electron chi connectivity index (χ4n) is 1.37. The Morgan fingerprint density at radius 3 is 2.73 bits per heavy atom. The maximum absolute atomic E-state index is 13.2. The minimum atomic E-state index is -0.786. The minimum absolute atomic E-state index is 0.325. The maximum atomic E-state index is 13.2. The van der Waals surface area contributed by atoms with E-state index >= 15 is 0 Å². The second-order valence-electron chi connectivity index (χ2n) is 3.54. The summed E-state index contributed by atoms with van der Waals surface area (Å²) in [5, 5.41) is 0. The van der Waals surface area contributed by atoms with Gasteiger partial charge in [-0.05, 0) is 18.9 Å². The zero-order valence-electron chi connectivity index (χ0n) is 8.97. The lowest BCUT2D eigenvalue weighted by molar-refractivity contribution is 0.507. The third-order valence-electron chi connectivity index (χ3n) is 2.25. The van der Waals surface area contributed by atoms with E-state index in [1.807, 2.05) is 6.08 Å². The Balaban J connectivity index is 2.53. The molecule has 0 saturated carbocycles. The van der Waals surface area contributed by atoms with Crippen LogP contribution in [0.4, 0.5) is 8.78 Å². The van der Waals surface area contributed by atoms with Gasteiger partial charge in [0, 0.05) is 5.56 Å². The van der Waals surface area contributed by atoms with E-state index in [2.05, 4.69) is 6.92 Å². The van der Waals surface area contributed by atoms with Gasteiger partial charge in [-0.2, -0.15) is 0 Å². The molecule has 0 atom stereocenters. The Bertz CT molecular complexity index is 329. The Morgan fingerprint density at radius 1 is 1.20 bits per heavy atom. The number of hydrogen-bond acceptors (Lipinski definition) is 0. The number of rotatable bonds is 5. The van der Waals surface area contributed by atoms with Gasteiger partial charge in [-0.25, -0.2) is 8.78 Å². The molecule has 0 fully saturated rings. The van der Waals surface area contributed by atoms with Crippen molar-refractivity contribution in [1.82, 2.24) is 0 Å². The largest absolute Gasteiger partial charge is 0.204 e. The van der Waals surface area contributed by atoms with E-state index in [1.54, 1.807) is 12.1 Å². The molecule has 0 aromatic heterocycles. The van der Waals surface area contributed by atoms with Gasteiger partial charge in [0.2, 0.25) is 0 Å². The summed E-state index contributed by atoms with van der Waals surface area (Å²) in [4.78, 5) is 0. The quantitative estimate of drug-likeness (QED) is 0.625. The van der Waals surface area contributed by atoms with Crippen LogP contribution in [-0.2, 0) is 0 Å². The smallest absolute Gasteiger partial charge is 0.166 e. The second kappa shape index (κ2) is 6.33. The van der Waals surface area contributed by atoms with Crippen LogP contribution in [-0.4, -0.2) is 0 Å². The van der Waals surface area contributed by atoms with Crippen LogP contribution in [0.15, 0.2) is 24.3 Å². The highest BCUT2D eigenvalue weighted by molar-refractivity contribution is 5.49. The summed E-state index contributed by atoms with van der Waals surface area (Å²) in [5.41, 5.74) is 0.325. The first kappa shape index (κ1) is 11.9. The summed E-state index contributed by atoms with van der Waals surface area (Å²) in [7, 11) is 0. The van der Waals surface area contributed by atoms with Crippen LogP contribution in [0.25, 0.3) is 6.08 Å². The van der Waals surface area contributed by atoms with Crippen molar-refractivity contribution in [2.45, 2.75) is 32.6 Å². The zero-order chi connectivity index (χ0) is 11.1. The van der Waals surface area contributed by atoms with Crippen molar-refractivity contribution in [3.63, 3.8) is 0 Å². The molecule has 0 amide bonds. The van der Waals surface area contributed by atoms with Crippen LogP contribution >= 0.6 is 0 Å². The summed E-state index contributed by atoms with van der Waals surface area (Å²) >= 11 is 0. The molecule has 0 spiro atoms. The lowest BCUT2D eigenvalue weighted by atomic mass is 10.1. The van der Waals surface area contributed by atoms with Crippen molar-refractivity contribution in [2.75, 3.05) is 0 Å². The van der Waals surface area contributed by atoms with E-state index in [9.17, 15) is 8.78 Å². The molecule has 2 heteroatoms. The van der Waals surface area contributed by atoms with Crippen LogP contribution < -0.4 is 0 Å². The molecule has 1 aromatic carbocycles. The summed E-state index contributed by atoms with van der Waals surface area (Å²) in [5.74, 6) is -1.55. The van der Waals surface area contributed by atoms with Crippen LogP contribution in [0.1, 0.15) is 38.2 Å². The Hall–Kier alpha value is -1.18. The first-order valence-corrected chi connectivity index (χ1v) is 5.36. The molecule has 1 aromatic rings. The molecule has 0 nitrogen and oxygen atoms in total. The number of unbranched alkanes of at least 4 members (excludes halogenated alkanes) is 3. The van der Waals surface area contributed by atoms with E-state index in [1.165, 1.54) is 18.9 Å². The van der Waals surface area contributed by atoms with Crippen LogP contribution in [0, 0.1) is 11.6 Å². The Morgan fingerprint density at radius 2 is 2.00 bits per heavy atom. The molecule has 0 N–H and O–H groups in total. The number of allylic oxidation sites excluding steroid dienone is 1. The van der Waals surface area contributed by atoms with Crippen molar-refractivity contribution < 1.29 is 8.78 Å². The van der Waals surface area contributed by atoms with Gasteiger partial charge in [0.05, 0.1) is 0 Å². The van der Waals surface area contributed by atoms with Gasteiger partial charge in [-0.3, -0.25) is 0 Å². The van der Waals surface area contributed by atoms with E-state index in [-0.39, 0.29) is 0 Å².